The number of hydrogen-bond donors (Lipinski definition) is 0. The highest BCUT2D eigenvalue weighted by Crippen LogP contribution is 2.39. The van der Waals surface area contributed by atoms with Crippen molar-refractivity contribution < 1.29 is 4.74 Å². The quantitative estimate of drug-likeness (QED) is 0.607. The van der Waals surface area contributed by atoms with Gasteiger partial charge in [-0.2, -0.15) is 0 Å². The van der Waals surface area contributed by atoms with Crippen LogP contribution in [0.4, 0.5) is 0 Å². The van der Waals surface area contributed by atoms with Crippen LogP contribution in [0.25, 0.3) is 0 Å². The maximum atomic E-state index is 5.64. The molecule has 1 aromatic heterocycles. The summed E-state index contributed by atoms with van der Waals surface area (Å²) in [5, 5.41) is 0. The van der Waals surface area contributed by atoms with E-state index in [0.717, 1.165) is 23.7 Å². The van der Waals surface area contributed by atoms with Gasteiger partial charge in [-0.3, -0.25) is 4.98 Å². The van der Waals surface area contributed by atoms with Crippen LogP contribution in [0, 0.1) is 13.8 Å². The largest absolute Gasteiger partial charge is 0.490 e. The van der Waals surface area contributed by atoms with Crippen molar-refractivity contribution in [2.75, 3.05) is 6.61 Å². The molecule has 0 radical (unpaired) electrons. The number of rotatable bonds is 0. The molecule has 70 valence electrons. The summed E-state index contributed by atoms with van der Waals surface area (Å²) < 4.78 is 5.64. The molecule has 0 fully saturated rings. The summed E-state index contributed by atoms with van der Waals surface area (Å²) in [6.45, 7) is 9.22. The predicted molar refractivity (Wildman–Crippen MR) is 52.2 cm³/mol. The minimum Gasteiger partial charge on any atom is -0.490 e. The number of fused-ring (bicyclic) bond motifs is 1. The van der Waals surface area contributed by atoms with Gasteiger partial charge in [-0.15, -0.1) is 0 Å². The Labute approximate surface area is 78.9 Å². The van der Waals surface area contributed by atoms with Gasteiger partial charge in [0.1, 0.15) is 5.75 Å². The van der Waals surface area contributed by atoms with Gasteiger partial charge in [0.15, 0.2) is 0 Å². The first-order chi connectivity index (χ1) is 6.00. The molecule has 0 atom stereocenters. The molecular weight excluding hydrogens is 162 g/mol. The Morgan fingerprint density at radius 3 is 2.77 bits per heavy atom. The fraction of sp³-hybridized carbons (Fsp3) is 0.545. The molecule has 0 unspecified atom stereocenters. The molecule has 0 saturated heterocycles. The Balaban J connectivity index is 2.65. The molecule has 0 aromatic carbocycles. The van der Waals surface area contributed by atoms with Crippen molar-refractivity contribution in [2.45, 2.75) is 33.1 Å². The first kappa shape index (κ1) is 8.54. The van der Waals surface area contributed by atoms with Gasteiger partial charge in [0.2, 0.25) is 0 Å². The van der Waals surface area contributed by atoms with Crippen LogP contribution in [0.15, 0.2) is 6.07 Å². The summed E-state index contributed by atoms with van der Waals surface area (Å²) >= 11 is 0. The van der Waals surface area contributed by atoms with Crippen LogP contribution in [-0.4, -0.2) is 11.6 Å². The van der Waals surface area contributed by atoms with Crippen LogP contribution in [-0.2, 0) is 5.41 Å². The number of nitrogens with zero attached hydrogens (tertiary/aromatic N) is 1. The molecule has 0 amide bonds. The van der Waals surface area contributed by atoms with E-state index in [-0.39, 0.29) is 5.41 Å². The highest BCUT2D eigenvalue weighted by atomic mass is 16.5. The van der Waals surface area contributed by atoms with Crippen molar-refractivity contribution in [3.8, 4) is 5.75 Å². The molecule has 0 saturated carbocycles. The summed E-state index contributed by atoms with van der Waals surface area (Å²) in [4.78, 5) is 4.39. The van der Waals surface area contributed by atoms with Gasteiger partial charge in [-0.25, -0.2) is 0 Å². The lowest BCUT2D eigenvalue weighted by Gasteiger charge is -2.15. The first-order valence-electron chi connectivity index (χ1n) is 4.62. The number of aryl methyl sites for hydroxylation is 2. The lowest BCUT2D eigenvalue weighted by molar-refractivity contribution is 0.289. The molecule has 2 rings (SSSR count). The van der Waals surface area contributed by atoms with E-state index in [1.54, 1.807) is 0 Å². The van der Waals surface area contributed by atoms with Crippen molar-refractivity contribution in [3.05, 3.63) is 23.0 Å². The van der Waals surface area contributed by atoms with Crippen molar-refractivity contribution in [1.29, 1.82) is 0 Å². The monoisotopic (exact) mass is 177 g/mol. The van der Waals surface area contributed by atoms with Crippen molar-refractivity contribution >= 4 is 0 Å². The molecule has 1 aliphatic heterocycles. The van der Waals surface area contributed by atoms with E-state index in [1.807, 2.05) is 13.8 Å². The number of hydrogen-bond acceptors (Lipinski definition) is 2. The highest BCUT2D eigenvalue weighted by Gasteiger charge is 2.33. The second kappa shape index (κ2) is 2.47. The van der Waals surface area contributed by atoms with Gasteiger partial charge in [0.05, 0.1) is 12.3 Å². The number of aromatic nitrogens is 1. The van der Waals surface area contributed by atoms with E-state index in [2.05, 4.69) is 24.9 Å². The van der Waals surface area contributed by atoms with Gasteiger partial charge in [0.25, 0.3) is 0 Å². The van der Waals surface area contributed by atoms with Crippen molar-refractivity contribution in [2.24, 2.45) is 0 Å². The summed E-state index contributed by atoms with van der Waals surface area (Å²) in [7, 11) is 0. The fourth-order valence-corrected chi connectivity index (χ4v) is 1.83. The van der Waals surface area contributed by atoms with E-state index < -0.39 is 0 Å². The van der Waals surface area contributed by atoms with Crippen LogP contribution < -0.4 is 4.74 Å². The third-order valence-electron chi connectivity index (χ3n) is 2.58. The van der Waals surface area contributed by atoms with Gasteiger partial charge >= 0.3 is 0 Å². The van der Waals surface area contributed by atoms with Crippen LogP contribution >= 0.6 is 0 Å². The maximum absolute atomic E-state index is 5.64. The SMILES string of the molecule is Cc1cc2c(c(C)n1)OCC2(C)C. The number of ether oxygens (including phenoxy) is 1. The smallest absolute Gasteiger partial charge is 0.144 e. The zero-order valence-electron chi connectivity index (χ0n) is 8.64. The van der Waals surface area contributed by atoms with Gasteiger partial charge in [-0.1, -0.05) is 13.8 Å². The highest BCUT2D eigenvalue weighted by molar-refractivity contribution is 5.46. The molecule has 0 N–H and O–H groups in total. The third kappa shape index (κ3) is 1.21. The second-order valence-electron chi connectivity index (χ2n) is 4.40. The molecule has 0 aliphatic carbocycles. The molecule has 1 aromatic rings. The standard InChI is InChI=1S/C11H15NO/c1-7-5-9-10(8(2)12-7)13-6-11(9,3)4/h5H,6H2,1-4H3. The Morgan fingerprint density at radius 1 is 1.38 bits per heavy atom. The zero-order chi connectivity index (χ0) is 9.64. The average molecular weight is 177 g/mol. The Hall–Kier alpha value is -1.05. The molecule has 0 spiro atoms. The Morgan fingerprint density at radius 2 is 2.08 bits per heavy atom. The molecule has 2 nitrogen and oxygen atoms in total. The van der Waals surface area contributed by atoms with E-state index >= 15 is 0 Å². The summed E-state index contributed by atoms with van der Waals surface area (Å²) in [5.74, 6) is 0.996. The third-order valence-corrected chi connectivity index (χ3v) is 2.58. The molecule has 1 aliphatic rings. The van der Waals surface area contributed by atoms with Gasteiger partial charge < -0.3 is 4.74 Å². The topological polar surface area (TPSA) is 22.1 Å². The molecule has 2 heterocycles. The Bertz CT molecular complexity index is 355. The molecule has 0 bridgehead atoms. The molecular formula is C11H15NO. The van der Waals surface area contributed by atoms with Crippen LogP contribution in [0.2, 0.25) is 0 Å². The zero-order valence-corrected chi connectivity index (χ0v) is 8.64. The minimum atomic E-state index is 0.147. The summed E-state index contributed by atoms with van der Waals surface area (Å²) in [6, 6.07) is 2.13. The first-order valence-corrected chi connectivity index (χ1v) is 4.62. The van der Waals surface area contributed by atoms with Crippen LogP contribution in [0.5, 0.6) is 5.75 Å². The van der Waals surface area contributed by atoms with Crippen molar-refractivity contribution in [3.63, 3.8) is 0 Å². The predicted octanol–water partition coefficient (Wildman–Crippen LogP) is 2.37. The summed E-state index contributed by atoms with van der Waals surface area (Å²) in [5.41, 5.74) is 3.54. The van der Waals surface area contributed by atoms with Gasteiger partial charge in [-0.05, 0) is 19.9 Å². The lowest BCUT2D eigenvalue weighted by atomic mass is 9.87. The van der Waals surface area contributed by atoms with E-state index in [0.29, 0.717) is 0 Å². The second-order valence-corrected chi connectivity index (χ2v) is 4.40. The molecule has 2 heteroatoms. The lowest BCUT2D eigenvalue weighted by Crippen LogP contribution is -2.18. The van der Waals surface area contributed by atoms with E-state index in [1.165, 1.54) is 5.56 Å². The van der Waals surface area contributed by atoms with Crippen LogP contribution in [0.1, 0.15) is 30.8 Å². The normalized spacial score (nSPS) is 18.2. The fourth-order valence-electron chi connectivity index (χ4n) is 1.83. The van der Waals surface area contributed by atoms with Crippen LogP contribution in [0.3, 0.4) is 0 Å². The van der Waals surface area contributed by atoms with Crippen molar-refractivity contribution in [1.82, 2.24) is 4.98 Å². The van der Waals surface area contributed by atoms with E-state index in [4.69, 9.17) is 4.74 Å². The summed E-state index contributed by atoms with van der Waals surface area (Å²) in [6.07, 6.45) is 0. The molecule has 13 heavy (non-hydrogen) atoms. The Kier molecular flexibility index (Phi) is 1.62. The maximum Gasteiger partial charge on any atom is 0.144 e. The average Bonchev–Trinajstić information content (AvgIpc) is 2.28. The van der Waals surface area contributed by atoms with Gasteiger partial charge in [0, 0.05) is 16.7 Å². The van der Waals surface area contributed by atoms with E-state index in [9.17, 15) is 0 Å². The minimum absolute atomic E-state index is 0.147. The number of pyridine rings is 1.